The summed E-state index contributed by atoms with van der Waals surface area (Å²) < 4.78 is 5.38. The Morgan fingerprint density at radius 1 is 1.21 bits per heavy atom. The maximum Gasteiger partial charge on any atom is 0.261 e. The van der Waals surface area contributed by atoms with Crippen LogP contribution in [0.15, 0.2) is 43.5 Å². The van der Waals surface area contributed by atoms with Crippen LogP contribution in [0.3, 0.4) is 0 Å². The van der Waals surface area contributed by atoms with Crippen LogP contribution in [0.5, 0.6) is 5.75 Å². The van der Waals surface area contributed by atoms with Crippen molar-refractivity contribution in [3.05, 3.63) is 53.6 Å². The van der Waals surface area contributed by atoms with Crippen LogP contribution in [-0.2, 0) is 4.79 Å². The molecule has 0 bridgehead atoms. The van der Waals surface area contributed by atoms with Crippen molar-refractivity contribution in [2.45, 2.75) is 0 Å². The number of para-hydroxylation sites is 1. The summed E-state index contributed by atoms with van der Waals surface area (Å²) in [7, 11) is 0. The number of carbonyl (C=O) groups is 1. The monoisotopic (exact) mass is 299 g/mol. The predicted molar refractivity (Wildman–Crippen MR) is 78.9 cm³/mol. The molecule has 0 unspecified atom stereocenters. The molecule has 1 amide bonds. The average molecular weight is 300 g/mol. The molecule has 0 saturated heterocycles. The van der Waals surface area contributed by atoms with E-state index in [-0.39, 0.29) is 12.5 Å². The van der Waals surface area contributed by atoms with Gasteiger partial charge in [-0.05, 0) is 12.1 Å². The van der Waals surface area contributed by atoms with E-state index in [2.05, 4.69) is 13.2 Å². The van der Waals surface area contributed by atoms with Gasteiger partial charge in [0.05, 0.1) is 10.0 Å². The van der Waals surface area contributed by atoms with E-state index in [0.717, 1.165) is 0 Å². The van der Waals surface area contributed by atoms with E-state index in [9.17, 15) is 4.79 Å². The number of benzene rings is 1. The van der Waals surface area contributed by atoms with Gasteiger partial charge in [-0.2, -0.15) is 0 Å². The lowest BCUT2D eigenvalue weighted by Gasteiger charge is -2.19. The van der Waals surface area contributed by atoms with Gasteiger partial charge >= 0.3 is 0 Å². The van der Waals surface area contributed by atoms with Crippen molar-refractivity contribution in [1.82, 2.24) is 4.90 Å². The normalized spacial score (nSPS) is 9.79. The standard InChI is InChI=1S/C14H15Cl2NO2/c1-3-8-17(9-4-2)13(18)10-19-14-11(15)6-5-7-12(14)16/h3-7H,1-2,8-10H2. The molecule has 1 aromatic rings. The van der Waals surface area contributed by atoms with Crippen molar-refractivity contribution in [1.29, 1.82) is 0 Å². The van der Waals surface area contributed by atoms with Crippen molar-refractivity contribution in [2.75, 3.05) is 19.7 Å². The van der Waals surface area contributed by atoms with E-state index in [1.54, 1.807) is 35.3 Å². The molecule has 3 nitrogen and oxygen atoms in total. The molecule has 0 aliphatic rings. The Morgan fingerprint density at radius 3 is 2.21 bits per heavy atom. The van der Waals surface area contributed by atoms with Crippen LogP contribution in [0.25, 0.3) is 0 Å². The maximum absolute atomic E-state index is 11.9. The summed E-state index contributed by atoms with van der Waals surface area (Å²) in [6.07, 6.45) is 3.29. The quantitative estimate of drug-likeness (QED) is 0.720. The Balaban J connectivity index is 2.67. The summed E-state index contributed by atoms with van der Waals surface area (Å²) in [6.45, 7) is 7.94. The number of rotatable bonds is 7. The SMILES string of the molecule is C=CCN(CC=C)C(=O)COc1c(Cl)cccc1Cl. The van der Waals surface area contributed by atoms with Gasteiger partial charge in [0.25, 0.3) is 5.91 Å². The largest absolute Gasteiger partial charge is 0.481 e. The van der Waals surface area contributed by atoms with Crippen molar-refractivity contribution in [3.63, 3.8) is 0 Å². The zero-order valence-electron chi connectivity index (χ0n) is 10.4. The molecule has 0 N–H and O–H groups in total. The van der Waals surface area contributed by atoms with Crippen LogP contribution < -0.4 is 4.74 Å². The Hall–Kier alpha value is -1.45. The fourth-order valence-corrected chi connectivity index (χ4v) is 1.94. The molecular formula is C14H15Cl2NO2. The van der Waals surface area contributed by atoms with Gasteiger partial charge in [-0.25, -0.2) is 0 Å². The number of halogens is 2. The van der Waals surface area contributed by atoms with E-state index < -0.39 is 0 Å². The lowest BCUT2D eigenvalue weighted by Crippen LogP contribution is -2.35. The molecule has 0 radical (unpaired) electrons. The first-order valence-corrected chi connectivity index (χ1v) is 6.42. The molecule has 1 rings (SSSR count). The lowest BCUT2D eigenvalue weighted by molar-refractivity contribution is -0.132. The van der Waals surface area contributed by atoms with Gasteiger partial charge in [0.1, 0.15) is 0 Å². The van der Waals surface area contributed by atoms with Gasteiger partial charge < -0.3 is 9.64 Å². The molecule has 1 aromatic carbocycles. The smallest absolute Gasteiger partial charge is 0.261 e. The Labute approximate surface area is 123 Å². The van der Waals surface area contributed by atoms with Crippen molar-refractivity contribution >= 4 is 29.1 Å². The highest BCUT2D eigenvalue weighted by molar-refractivity contribution is 6.37. The van der Waals surface area contributed by atoms with Crippen molar-refractivity contribution in [2.24, 2.45) is 0 Å². The third-order valence-electron chi connectivity index (χ3n) is 2.31. The van der Waals surface area contributed by atoms with Gasteiger partial charge in [0.2, 0.25) is 0 Å². The van der Waals surface area contributed by atoms with E-state index in [0.29, 0.717) is 28.9 Å². The molecule has 0 aromatic heterocycles. The minimum atomic E-state index is -0.184. The van der Waals surface area contributed by atoms with Crippen LogP contribution in [0.1, 0.15) is 0 Å². The van der Waals surface area contributed by atoms with Gasteiger partial charge in [-0.3, -0.25) is 4.79 Å². The second-order valence-corrected chi connectivity index (χ2v) is 4.53. The highest BCUT2D eigenvalue weighted by Crippen LogP contribution is 2.32. The minimum absolute atomic E-state index is 0.134. The fourth-order valence-electron chi connectivity index (χ4n) is 1.44. The van der Waals surface area contributed by atoms with Gasteiger partial charge in [0, 0.05) is 13.1 Å². The van der Waals surface area contributed by atoms with E-state index in [1.807, 2.05) is 0 Å². The molecule has 0 spiro atoms. The summed E-state index contributed by atoms with van der Waals surface area (Å²) in [5.74, 6) is 0.132. The van der Waals surface area contributed by atoms with Crippen LogP contribution in [0.4, 0.5) is 0 Å². The third-order valence-corrected chi connectivity index (χ3v) is 2.91. The molecule has 5 heteroatoms. The fraction of sp³-hybridized carbons (Fsp3) is 0.214. The zero-order chi connectivity index (χ0) is 14.3. The topological polar surface area (TPSA) is 29.5 Å². The summed E-state index contributed by atoms with van der Waals surface area (Å²) in [6, 6.07) is 5.01. The summed E-state index contributed by atoms with van der Waals surface area (Å²) in [4.78, 5) is 13.5. The first-order chi connectivity index (χ1) is 9.10. The summed E-state index contributed by atoms with van der Waals surface area (Å²) in [5, 5.41) is 0.749. The Bertz CT molecular complexity index is 444. The van der Waals surface area contributed by atoms with Crippen LogP contribution >= 0.6 is 23.2 Å². The predicted octanol–water partition coefficient (Wildman–Crippen LogP) is 3.57. The number of ether oxygens (including phenoxy) is 1. The number of hydrogen-bond acceptors (Lipinski definition) is 2. The van der Waals surface area contributed by atoms with E-state index in [1.165, 1.54) is 0 Å². The summed E-state index contributed by atoms with van der Waals surface area (Å²) >= 11 is 11.9. The highest BCUT2D eigenvalue weighted by atomic mass is 35.5. The van der Waals surface area contributed by atoms with Gasteiger partial charge in [-0.15, -0.1) is 13.2 Å². The lowest BCUT2D eigenvalue weighted by atomic mass is 10.3. The molecular weight excluding hydrogens is 285 g/mol. The maximum atomic E-state index is 11.9. The Kier molecular flexibility index (Phi) is 6.46. The molecule has 0 saturated carbocycles. The van der Waals surface area contributed by atoms with Crippen LogP contribution in [-0.4, -0.2) is 30.5 Å². The minimum Gasteiger partial charge on any atom is -0.481 e. The number of amides is 1. The summed E-state index contributed by atoms with van der Waals surface area (Å²) in [5.41, 5.74) is 0. The van der Waals surface area contributed by atoms with E-state index in [4.69, 9.17) is 27.9 Å². The molecule has 0 atom stereocenters. The Morgan fingerprint density at radius 2 is 1.74 bits per heavy atom. The molecule has 19 heavy (non-hydrogen) atoms. The first-order valence-electron chi connectivity index (χ1n) is 5.66. The van der Waals surface area contributed by atoms with Crippen molar-refractivity contribution < 1.29 is 9.53 Å². The van der Waals surface area contributed by atoms with Crippen molar-refractivity contribution in [3.8, 4) is 5.75 Å². The van der Waals surface area contributed by atoms with Gasteiger partial charge in [-0.1, -0.05) is 41.4 Å². The average Bonchev–Trinajstić information content (AvgIpc) is 2.37. The molecule has 0 aliphatic heterocycles. The second-order valence-electron chi connectivity index (χ2n) is 3.72. The number of hydrogen-bond donors (Lipinski definition) is 0. The molecule has 0 fully saturated rings. The highest BCUT2D eigenvalue weighted by Gasteiger charge is 2.13. The number of nitrogens with zero attached hydrogens (tertiary/aromatic N) is 1. The third kappa shape index (κ3) is 4.62. The second kappa shape index (κ2) is 7.87. The molecule has 0 aliphatic carbocycles. The number of carbonyl (C=O) groups excluding carboxylic acids is 1. The first kappa shape index (κ1) is 15.6. The molecule has 0 heterocycles. The molecule has 102 valence electrons. The van der Waals surface area contributed by atoms with Crippen LogP contribution in [0, 0.1) is 0 Å². The van der Waals surface area contributed by atoms with E-state index >= 15 is 0 Å². The van der Waals surface area contributed by atoms with Crippen LogP contribution in [0.2, 0.25) is 10.0 Å². The van der Waals surface area contributed by atoms with Gasteiger partial charge in [0.15, 0.2) is 12.4 Å². The zero-order valence-corrected chi connectivity index (χ0v) is 12.0.